The first-order chi connectivity index (χ1) is 9.13. The van der Waals surface area contributed by atoms with E-state index in [-0.39, 0.29) is 0 Å². The summed E-state index contributed by atoms with van der Waals surface area (Å²) in [6, 6.07) is 8.29. The highest BCUT2D eigenvalue weighted by atomic mass is 79.9. The molecule has 0 radical (unpaired) electrons. The minimum atomic E-state index is 0.628. The van der Waals surface area contributed by atoms with Gasteiger partial charge in [-0.1, -0.05) is 40.3 Å². The van der Waals surface area contributed by atoms with Gasteiger partial charge in [0.15, 0.2) is 0 Å². The molecule has 1 heterocycles. The van der Waals surface area contributed by atoms with Gasteiger partial charge >= 0.3 is 0 Å². The van der Waals surface area contributed by atoms with Gasteiger partial charge < -0.3 is 4.98 Å². The predicted octanol–water partition coefficient (Wildman–Crippen LogP) is 5.13. The van der Waals surface area contributed by atoms with Crippen molar-refractivity contribution in [2.75, 3.05) is 0 Å². The highest BCUT2D eigenvalue weighted by Gasteiger charge is 2.27. The van der Waals surface area contributed by atoms with Gasteiger partial charge in [-0.15, -0.1) is 0 Å². The van der Waals surface area contributed by atoms with Crippen LogP contribution in [0.5, 0.6) is 0 Å². The van der Waals surface area contributed by atoms with Crippen LogP contribution in [0, 0.1) is 4.64 Å². The molecule has 3 rings (SSSR count). The van der Waals surface area contributed by atoms with E-state index in [0.29, 0.717) is 10.6 Å². The Balaban J connectivity index is 1.92. The Labute approximate surface area is 133 Å². The first-order valence-electron chi connectivity index (χ1n) is 6.16. The number of hydrogen-bond donors (Lipinski definition) is 1. The van der Waals surface area contributed by atoms with Crippen molar-refractivity contribution in [1.29, 1.82) is 0 Å². The van der Waals surface area contributed by atoms with Crippen molar-refractivity contribution in [1.82, 2.24) is 9.97 Å². The number of hydrogen-bond acceptors (Lipinski definition) is 2. The molecule has 2 aromatic rings. The van der Waals surface area contributed by atoms with Crippen molar-refractivity contribution in [3.8, 4) is 0 Å². The minimum Gasteiger partial charge on any atom is -0.346 e. The van der Waals surface area contributed by atoms with Crippen LogP contribution in [0.25, 0.3) is 0 Å². The molecule has 2 nitrogen and oxygen atoms in total. The molecule has 98 valence electrons. The maximum atomic E-state index is 5.33. The number of aromatic nitrogens is 2. The molecule has 1 aliphatic carbocycles. The molecule has 0 aliphatic heterocycles. The highest BCUT2D eigenvalue weighted by molar-refractivity contribution is 9.10. The Kier molecular flexibility index (Phi) is 3.87. The van der Waals surface area contributed by atoms with E-state index >= 15 is 0 Å². The maximum absolute atomic E-state index is 5.33. The molecule has 1 aliphatic rings. The fourth-order valence-electron chi connectivity index (χ4n) is 2.06. The molecule has 0 spiro atoms. The quantitative estimate of drug-likeness (QED) is 0.724. The second kappa shape index (κ2) is 5.46. The lowest BCUT2D eigenvalue weighted by atomic mass is 10.1. The van der Waals surface area contributed by atoms with Gasteiger partial charge in [-0.25, -0.2) is 4.98 Å². The van der Waals surface area contributed by atoms with E-state index in [0.717, 1.165) is 21.2 Å². The van der Waals surface area contributed by atoms with Crippen LogP contribution in [0.4, 0.5) is 0 Å². The third-order valence-electron chi connectivity index (χ3n) is 3.21. The largest absolute Gasteiger partial charge is 0.346 e. The fourth-order valence-corrected chi connectivity index (χ4v) is 3.05. The predicted molar refractivity (Wildman–Crippen MR) is 86.0 cm³/mol. The second-order valence-electron chi connectivity index (χ2n) is 4.79. The van der Waals surface area contributed by atoms with E-state index in [1.54, 1.807) is 0 Å². The third-order valence-corrected chi connectivity index (χ3v) is 5.10. The van der Waals surface area contributed by atoms with E-state index in [9.17, 15) is 0 Å². The van der Waals surface area contributed by atoms with E-state index in [2.05, 4.69) is 54.0 Å². The number of aromatic amines is 1. The molecular weight excluding hydrogens is 388 g/mol. The smallest absolute Gasteiger partial charge is 0.144 e. The first-order valence-corrected chi connectivity index (χ1v) is 8.16. The molecule has 19 heavy (non-hydrogen) atoms. The molecule has 0 saturated heterocycles. The second-order valence-corrected chi connectivity index (χ2v) is 6.89. The molecule has 0 amide bonds. The van der Waals surface area contributed by atoms with Crippen LogP contribution in [0.2, 0.25) is 0 Å². The molecule has 0 bridgehead atoms. The lowest BCUT2D eigenvalue weighted by molar-refractivity contribution is 0.883. The van der Waals surface area contributed by atoms with Gasteiger partial charge in [-0.2, -0.15) is 0 Å². The van der Waals surface area contributed by atoms with Crippen molar-refractivity contribution < 1.29 is 0 Å². The summed E-state index contributed by atoms with van der Waals surface area (Å²) in [5, 5.41) is 0. The van der Waals surface area contributed by atoms with Crippen LogP contribution in [-0.4, -0.2) is 9.97 Å². The number of nitrogens with zero attached hydrogens (tertiary/aromatic N) is 1. The summed E-state index contributed by atoms with van der Waals surface area (Å²) in [5.74, 6) is 1.57. The Morgan fingerprint density at radius 3 is 2.53 bits per heavy atom. The van der Waals surface area contributed by atoms with Crippen molar-refractivity contribution in [2.45, 2.75) is 25.2 Å². The number of nitrogens with one attached hydrogen (secondary N) is 1. The normalized spacial score (nSPS) is 14.6. The molecule has 1 fully saturated rings. The zero-order chi connectivity index (χ0) is 13.4. The van der Waals surface area contributed by atoms with Crippen molar-refractivity contribution in [3.05, 3.63) is 54.9 Å². The van der Waals surface area contributed by atoms with Crippen molar-refractivity contribution in [3.63, 3.8) is 0 Å². The summed E-state index contributed by atoms with van der Waals surface area (Å²) in [4.78, 5) is 7.90. The molecule has 1 aromatic carbocycles. The Morgan fingerprint density at radius 1 is 1.21 bits per heavy atom. The maximum Gasteiger partial charge on any atom is 0.144 e. The average molecular weight is 400 g/mol. The van der Waals surface area contributed by atoms with Crippen LogP contribution >= 0.6 is 44.1 Å². The molecule has 1 saturated carbocycles. The van der Waals surface area contributed by atoms with Crippen LogP contribution in [0.15, 0.2) is 33.2 Å². The van der Waals surface area contributed by atoms with Gasteiger partial charge in [0.1, 0.15) is 10.5 Å². The van der Waals surface area contributed by atoms with Crippen LogP contribution in [0.1, 0.15) is 35.8 Å². The SMILES string of the molecule is S=c1nc(Cc2ccc(Br)cc2)[nH]c(C2CC2)c1Br. The van der Waals surface area contributed by atoms with E-state index < -0.39 is 0 Å². The lowest BCUT2D eigenvalue weighted by Gasteiger charge is -2.08. The lowest BCUT2D eigenvalue weighted by Crippen LogP contribution is -2.02. The number of halogens is 2. The van der Waals surface area contributed by atoms with Gasteiger partial charge in [-0.05, 0) is 46.5 Å². The molecule has 1 aromatic heterocycles. The van der Waals surface area contributed by atoms with Crippen LogP contribution in [0.3, 0.4) is 0 Å². The first kappa shape index (κ1) is 13.5. The number of benzene rings is 1. The summed E-state index contributed by atoms with van der Waals surface area (Å²) in [6.07, 6.45) is 3.27. The topological polar surface area (TPSA) is 28.7 Å². The van der Waals surface area contributed by atoms with Gasteiger partial charge in [0.2, 0.25) is 0 Å². The summed E-state index contributed by atoms with van der Waals surface area (Å²) in [5.41, 5.74) is 2.44. The molecule has 0 atom stereocenters. The molecule has 0 unspecified atom stereocenters. The zero-order valence-electron chi connectivity index (χ0n) is 10.1. The van der Waals surface area contributed by atoms with Crippen molar-refractivity contribution in [2.24, 2.45) is 0 Å². The molecule has 1 N–H and O–H groups in total. The van der Waals surface area contributed by atoms with E-state index in [1.807, 2.05) is 12.1 Å². The van der Waals surface area contributed by atoms with Gasteiger partial charge in [0, 0.05) is 22.5 Å². The molecular formula is C14H12Br2N2S. The standard InChI is InChI=1S/C14H12Br2N2S/c15-10-5-1-8(2-6-10)7-11-17-13(9-3-4-9)12(16)14(19)18-11/h1-2,5-6,9H,3-4,7H2,(H,17,18,19). The van der Waals surface area contributed by atoms with Gasteiger partial charge in [0.25, 0.3) is 0 Å². The monoisotopic (exact) mass is 398 g/mol. The van der Waals surface area contributed by atoms with Crippen LogP contribution in [-0.2, 0) is 6.42 Å². The van der Waals surface area contributed by atoms with E-state index in [1.165, 1.54) is 24.1 Å². The number of rotatable bonds is 3. The van der Waals surface area contributed by atoms with Gasteiger partial charge in [-0.3, -0.25) is 0 Å². The Bertz CT molecular complexity index is 660. The summed E-state index contributed by atoms with van der Waals surface area (Å²) >= 11 is 12.3. The number of H-pyrrole nitrogens is 1. The van der Waals surface area contributed by atoms with Crippen LogP contribution < -0.4 is 0 Å². The zero-order valence-corrected chi connectivity index (χ0v) is 14.1. The molecule has 5 heteroatoms. The summed E-state index contributed by atoms with van der Waals surface area (Å²) in [7, 11) is 0. The minimum absolute atomic E-state index is 0.628. The fraction of sp³-hybridized carbons (Fsp3) is 0.286. The summed E-state index contributed by atoms with van der Waals surface area (Å²) in [6.45, 7) is 0. The van der Waals surface area contributed by atoms with Gasteiger partial charge in [0.05, 0.1) is 4.47 Å². The highest BCUT2D eigenvalue weighted by Crippen LogP contribution is 2.42. The summed E-state index contributed by atoms with van der Waals surface area (Å²) < 4.78 is 2.71. The van der Waals surface area contributed by atoms with E-state index in [4.69, 9.17) is 12.2 Å². The Morgan fingerprint density at radius 2 is 1.89 bits per heavy atom. The van der Waals surface area contributed by atoms with Crippen molar-refractivity contribution >= 4 is 44.1 Å². The third kappa shape index (κ3) is 3.15. The average Bonchev–Trinajstić information content (AvgIpc) is 3.21. The Hall–Kier alpha value is -0.520.